The fourth-order valence-corrected chi connectivity index (χ4v) is 5.10. The number of nitrogens with zero attached hydrogens (tertiary/aromatic N) is 1. The summed E-state index contributed by atoms with van der Waals surface area (Å²) in [5, 5.41) is 3.14. The number of nitrogens with one attached hydrogen (secondary N) is 1. The van der Waals surface area contributed by atoms with Gasteiger partial charge in [-0.05, 0) is 44.0 Å². The van der Waals surface area contributed by atoms with Crippen molar-refractivity contribution in [1.29, 1.82) is 0 Å². The van der Waals surface area contributed by atoms with E-state index >= 15 is 0 Å². The fourth-order valence-electron chi connectivity index (χ4n) is 3.20. The Morgan fingerprint density at radius 1 is 1.19 bits per heavy atom. The highest BCUT2D eigenvalue weighted by atomic mass is 32.2. The molecule has 3 rings (SSSR count). The summed E-state index contributed by atoms with van der Waals surface area (Å²) >= 11 is 0. The highest BCUT2D eigenvalue weighted by molar-refractivity contribution is 7.91. The van der Waals surface area contributed by atoms with Crippen LogP contribution in [0.3, 0.4) is 0 Å². The van der Waals surface area contributed by atoms with Gasteiger partial charge in [-0.1, -0.05) is 6.07 Å². The summed E-state index contributed by atoms with van der Waals surface area (Å²) in [5.41, 5.74) is 3.05. The zero-order chi connectivity index (χ0) is 15.4. The molecule has 21 heavy (non-hydrogen) atoms. The van der Waals surface area contributed by atoms with Gasteiger partial charge in [0.25, 0.3) is 0 Å². The van der Waals surface area contributed by atoms with Crippen LogP contribution < -0.4 is 10.2 Å². The largest absolute Gasteiger partial charge is 0.305 e. The molecule has 1 amide bonds. The maximum Gasteiger partial charge on any atom is 0.244 e. The lowest BCUT2D eigenvalue weighted by Crippen LogP contribution is -2.64. The van der Waals surface area contributed by atoms with E-state index in [4.69, 9.17) is 0 Å². The Kier molecular flexibility index (Phi) is 3.33. The van der Waals surface area contributed by atoms with E-state index in [-0.39, 0.29) is 35.5 Å². The first-order valence-electron chi connectivity index (χ1n) is 7.15. The first kappa shape index (κ1) is 14.5. The van der Waals surface area contributed by atoms with E-state index in [1.165, 1.54) is 0 Å². The van der Waals surface area contributed by atoms with E-state index in [1.54, 1.807) is 11.8 Å². The van der Waals surface area contributed by atoms with Crippen molar-refractivity contribution in [2.45, 2.75) is 38.9 Å². The lowest BCUT2D eigenvalue weighted by molar-refractivity contribution is -0.122. The number of carbonyl (C=O) groups excluding carboxylic acids is 1. The molecule has 2 heterocycles. The van der Waals surface area contributed by atoms with Crippen LogP contribution in [0.1, 0.15) is 18.1 Å². The van der Waals surface area contributed by atoms with Crippen molar-refractivity contribution in [3.8, 4) is 0 Å². The average Bonchev–Trinajstić information content (AvgIpc) is 2.68. The van der Waals surface area contributed by atoms with Gasteiger partial charge in [-0.15, -0.1) is 0 Å². The third-order valence-corrected chi connectivity index (χ3v) is 6.21. The summed E-state index contributed by atoms with van der Waals surface area (Å²) < 4.78 is 23.9. The Balaban J connectivity index is 2.04. The Morgan fingerprint density at radius 2 is 1.90 bits per heavy atom. The van der Waals surface area contributed by atoms with Crippen LogP contribution in [-0.2, 0) is 14.6 Å². The highest BCUT2D eigenvalue weighted by Crippen LogP contribution is 2.30. The van der Waals surface area contributed by atoms with Crippen LogP contribution in [0.15, 0.2) is 18.2 Å². The van der Waals surface area contributed by atoms with Crippen molar-refractivity contribution in [3.63, 3.8) is 0 Å². The summed E-state index contributed by atoms with van der Waals surface area (Å²) in [7, 11) is -3.09. The van der Waals surface area contributed by atoms with E-state index in [9.17, 15) is 13.2 Å². The minimum Gasteiger partial charge on any atom is -0.305 e. The minimum atomic E-state index is -3.09. The van der Waals surface area contributed by atoms with Crippen molar-refractivity contribution in [3.05, 3.63) is 29.3 Å². The minimum absolute atomic E-state index is 0.0377. The molecule has 0 spiro atoms. The SMILES string of the molecule is Cc1ccc(N2C(=O)[C@H](C)N[C@@H]3CS(=O)(=O)C[C@@H]32)cc1C. The second kappa shape index (κ2) is 4.81. The van der Waals surface area contributed by atoms with Gasteiger partial charge in [0.2, 0.25) is 5.91 Å². The first-order chi connectivity index (χ1) is 9.78. The molecule has 0 aromatic heterocycles. The number of carbonyl (C=O) groups is 1. The van der Waals surface area contributed by atoms with Crippen LogP contribution in [0, 0.1) is 13.8 Å². The third-order valence-electron chi connectivity index (χ3n) is 4.49. The molecule has 114 valence electrons. The number of rotatable bonds is 1. The molecule has 2 saturated heterocycles. The Labute approximate surface area is 125 Å². The number of fused-ring (bicyclic) bond motifs is 1. The van der Waals surface area contributed by atoms with E-state index in [1.807, 2.05) is 32.0 Å². The number of sulfone groups is 1. The maximum absolute atomic E-state index is 12.5. The Hall–Kier alpha value is -1.40. The van der Waals surface area contributed by atoms with Crippen LogP contribution in [0.25, 0.3) is 0 Å². The number of anilines is 1. The monoisotopic (exact) mass is 308 g/mol. The molecule has 2 aliphatic rings. The Bertz CT molecular complexity index is 699. The molecule has 1 N–H and O–H groups in total. The molecule has 0 radical (unpaired) electrons. The lowest BCUT2D eigenvalue weighted by Gasteiger charge is -2.40. The predicted octanol–water partition coefficient (Wildman–Crippen LogP) is 0.794. The second-order valence-corrected chi connectivity index (χ2v) is 8.27. The van der Waals surface area contributed by atoms with Crippen molar-refractivity contribution >= 4 is 21.4 Å². The zero-order valence-electron chi connectivity index (χ0n) is 12.5. The van der Waals surface area contributed by atoms with Gasteiger partial charge in [0, 0.05) is 11.7 Å². The van der Waals surface area contributed by atoms with E-state index in [0.29, 0.717) is 0 Å². The average molecular weight is 308 g/mol. The summed E-state index contributed by atoms with van der Waals surface area (Å²) in [6, 6.07) is 5.00. The number of aryl methyl sites for hydroxylation is 2. The molecule has 0 bridgehead atoms. The molecule has 1 aromatic carbocycles. The molecule has 5 nitrogen and oxygen atoms in total. The van der Waals surface area contributed by atoms with Crippen molar-refractivity contribution in [1.82, 2.24) is 5.32 Å². The topological polar surface area (TPSA) is 66.5 Å². The number of piperazine rings is 1. The van der Waals surface area contributed by atoms with Crippen LogP contribution in [0.5, 0.6) is 0 Å². The molecule has 2 aliphatic heterocycles. The molecular weight excluding hydrogens is 288 g/mol. The summed E-state index contributed by atoms with van der Waals surface area (Å²) in [5.74, 6) is 0.0868. The van der Waals surface area contributed by atoms with Gasteiger partial charge < -0.3 is 10.2 Å². The molecule has 1 aromatic rings. The van der Waals surface area contributed by atoms with Crippen LogP contribution in [-0.4, -0.2) is 44.0 Å². The number of hydrogen-bond acceptors (Lipinski definition) is 4. The standard InChI is InChI=1S/C15H20N2O3S/c1-9-4-5-12(6-10(9)2)17-14-8-21(19,20)7-13(14)16-11(3)15(17)18/h4-6,11,13-14,16H,7-8H2,1-3H3/t11-,13+,14-/m0/s1. The molecule has 3 atom stereocenters. The molecule has 0 aliphatic carbocycles. The number of hydrogen-bond donors (Lipinski definition) is 1. The molecule has 0 unspecified atom stereocenters. The maximum atomic E-state index is 12.5. The van der Waals surface area contributed by atoms with Crippen LogP contribution >= 0.6 is 0 Å². The Morgan fingerprint density at radius 3 is 2.57 bits per heavy atom. The predicted molar refractivity (Wildman–Crippen MR) is 82.2 cm³/mol. The zero-order valence-corrected chi connectivity index (χ0v) is 13.3. The van der Waals surface area contributed by atoms with Gasteiger partial charge in [-0.2, -0.15) is 0 Å². The van der Waals surface area contributed by atoms with E-state index in [0.717, 1.165) is 16.8 Å². The van der Waals surface area contributed by atoms with Crippen LogP contribution in [0.4, 0.5) is 5.69 Å². The third kappa shape index (κ3) is 2.46. The normalized spacial score (nSPS) is 31.3. The highest BCUT2D eigenvalue weighted by Gasteiger charge is 2.48. The fraction of sp³-hybridized carbons (Fsp3) is 0.533. The van der Waals surface area contributed by atoms with Gasteiger partial charge in [0.05, 0.1) is 23.6 Å². The molecular formula is C15H20N2O3S. The first-order valence-corrected chi connectivity index (χ1v) is 8.97. The van der Waals surface area contributed by atoms with Gasteiger partial charge in [0.1, 0.15) is 0 Å². The van der Waals surface area contributed by atoms with Crippen molar-refractivity contribution < 1.29 is 13.2 Å². The lowest BCUT2D eigenvalue weighted by atomic mass is 10.0. The second-order valence-electron chi connectivity index (χ2n) is 6.12. The summed E-state index contributed by atoms with van der Waals surface area (Å²) in [6.45, 7) is 5.81. The smallest absolute Gasteiger partial charge is 0.244 e. The molecule has 2 fully saturated rings. The van der Waals surface area contributed by atoms with E-state index < -0.39 is 9.84 Å². The van der Waals surface area contributed by atoms with E-state index in [2.05, 4.69) is 5.32 Å². The molecule has 0 saturated carbocycles. The summed E-state index contributed by atoms with van der Waals surface area (Å²) in [4.78, 5) is 14.2. The van der Waals surface area contributed by atoms with Crippen molar-refractivity contribution in [2.24, 2.45) is 0 Å². The molecule has 6 heteroatoms. The number of amides is 1. The quantitative estimate of drug-likeness (QED) is 0.833. The van der Waals surface area contributed by atoms with Gasteiger partial charge in [0.15, 0.2) is 9.84 Å². The van der Waals surface area contributed by atoms with Crippen molar-refractivity contribution in [2.75, 3.05) is 16.4 Å². The summed E-state index contributed by atoms with van der Waals surface area (Å²) in [6.07, 6.45) is 0. The number of benzene rings is 1. The van der Waals surface area contributed by atoms with Gasteiger partial charge in [-0.3, -0.25) is 4.79 Å². The van der Waals surface area contributed by atoms with Gasteiger partial charge >= 0.3 is 0 Å². The van der Waals surface area contributed by atoms with Crippen LogP contribution in [0.2, 0.25) is 0 Å². The van der Waals surface area contributed by atoms with Gasteiger partial charge in [-0.25, -0.2) is 8.42 Å².